The Bertz CT molecular complexity index is 957. The Labute approximate surface area is 165 Å². The van der Waals surface area contributed by atoms with Gasteiger partial charge in [0.15, 0.2) is 0 Å². The van der Waals surface area contributed by atoms with Crippen LogP contribution in [-0.4, -0.2) is 51.8 Å². The molecule has 1 atom stereocenters. The van der Waals surface area contributed by atoms with Crippen molar-refractivity contribution in [1.82, 2.24) is 25.0 Å². The number of likely N-dealkylation sites (tertiary alicyclic amines) is 1. The number of H-pyrrole nitrogens is 1. The summed E-state index contributed by atoms with van der Waals surface area (Å²) in [6, 6.07) is 14.4. The van der Waals surface area contributed by atoms with Gasteiger partial charge in [0.25, 0.3) is 5.91 Å². The molecule has 2 aromatic heterocycles. The highest BCUT2D eigenvalue weighted by Gasteiger charge is 2.24. The Balaban J connectivity index is 1.27. The van der Waals surface area contributed by atoms with Crippen molar-refractivity contribution in [2.75, 3.05) is 26.2 Å². The van der Waals surface area contributed by atoms with Crippen molar-refractivity contribution in [2.45, 2.75) is 19.3 Å². The predicted octanol–water partition coefficient (Wildman–Crippen LogP) is 2.94. The summed E-state index contributed by atoms with van der Waals surface area (Å²) in [4.78, 5) is 14.8. The van der Waals surface area contributed by atoms with Crippen LogP contribution in [0.5, 0.6) is 0 Å². The number of aromatic amines is 1. The first-order chi connectivity index (χ1) is 13.6. The summed E-state index contributed by atoms with van der Waals surface area (Å²) in [5.41, 5.74) is 5.08. The van der Waals surface area contributed by atoms with Crippen LogP contribution in [-0.2, 0) is 7.05 Å². The summed E-state index contributed by atoms with van der Waals surface area (Å²) in [5, 5.41) is 10.1. The van der Waals surface area contributed by atoms with E-state index in [1.807, 2.05) is 29.9 Å². The Morgan fingerprint density at radius 2 is 2.14 bits per heavy atom. The molecule has 28 heavy (non-hydrogen) atoms. The molecule has 6 heteroatoms. The van der Waals surface area contributed by atoms with Crippen LogP contribution in [0.4, 0.5) is 0 Å². The Kier molecular flexibility index (Phi) is 5.30. The van der Waals surface area contributed by atoms with E-state index in [9.17, 15) is 4.79 Å². The quantitative estimate of drug-likeness (QED) is 0.694. The third-order valence-electron chi connectivity index (χ3n) is 5.64. The minimum Gasteiger partial charge on any atom is -0.349 e. The van der Waals surface area contributed by atoms with Crippen LogP contribution in [0.2, 0.25) is 0 Å². The van der Waals surface area contributed by atoms with Crippen LogP contribution in [0.3, 0.4) is 0 Å². The van der Waals surface area contributed by atoms with Gasteiger partial charge in [0, 0.05) is 32.9 Å². The monoisotopic (exact) mass is 377 g/mol. The summed E-state index contributed by atoms with van der Waals surface area (Å²) < 4.78 is 1.98. The third kappa shape index (κ3) is 3.87. The fourth-order valence-corrected chi connectivity index (χ4v) is 4.05. The summed E-state index contributed by atoms with van der Waals surface area (Å²) in [6.07, 6.45) is 3.14. The number of aryl methyl sites for hydroxylation is 2. The highest BCUT2D eigenvalue weighted by atomic mass is 16.1. The van der Waals surface area contributed by atoms with Gasteiger partial charge in [0.1, 0.15) is 11.4 Å². The lowest BCUT2D eigenvalue weighted by atomic mass is 9.94. The molecule has 1 saturated heterocycles. The van der Waals surface area contributed by atoms with Gasteiger partial charge in [-0.15, -0.1) is 0 Å². The van der Waals surface area contributed by atoms with E-state index in [1.54, 1.807) is 6.07 Å². The zero-order valence-corrected chi connectivity index (χ0v) is 16.5. The number of benzene rings is 1. The largest absolute Gasteiger partial charge is 0.349 e. The number of carbonyl (C=O) groups excluding carboxylic acids is 1. The number of aromatic nitrogens is 3. The lowest BCUT2D eigenvalue weighted by molar-refractivity contribution is 0.0944. The molecule has 1 aliphatic heterocycles. The van der Waals surface area contributed by atoms with Crippen LogP contribution in [0.1, 0.15) is 34.0 Å². The minimum atomic E-state index is -0.109. The van der Waals surface area contributed by atoms with Gasteiger partial charge in [-0.1, -0.05) is 24.3 Å². The number of carbonyl (C=O) groups is 1. The van der Waals surface area contributed by atoms with Crippen molar-refractivity contribution in [2.24, 2.45) is 7.05 Å². The van der Waals surface area contributed by atoms with Crippen LogP contribution >= 0.6 is 0 Å². The van der Waals surface area contributed by atoms with Crippen molar-refractivity contribution in [1.29, 1.82) is 0 Å². The number of hydrogen-bond donors (Lipinski definition) is 2. The lowest BCUT2D eigenvalue weighted by Crippen LogP contribution is -2.34. The van der Waals surface area contributed by atoms with Crippen molar-refractivity contribution in [3.63, 3.8) is 0 Å². The van der Waals surface area contributed by atoms with Crippen LogP contribution in [0.25, 0.3) is 11.4 Å². The average molecular weight is 377 g/mol. The van der Waals surface area contributed by atoms with E-state index in [0.717, 1.165) is 31.0 Å². The second kappa shape index (κ2) is 8.02. The molecular formula is C22H27N5O. The molecule has 0 unspecified atom stereocenters. The third-order valence-corrected chi connectivity index (χ3v) is 5.64. The highest BCUT2D eigenvalue weighted by Crippen LogP contribution is 2.28. The van der Waals surface area contributed by atoms with Gasteiger partial charge in [-0.05, 0) is 55.1 Å². The van der Waals surface area contributed by atoms with Crippen LogP contribution in [0, 0.1) is 6.92 Å². The molecule has 146 valence electrons. The number of nitrogens with one attached hydrogen (secondary N) is 2. The minimum absolute atomic E-state index is 0.109. The normalized spacial score (nSPS) is 17.1. The molecule has 0 radical (unpaired) electrons. The maximum absolute atomic E-state index is 12.4. The Morgan fingerprint density at radius 1 is 1.29 bits per heavy atom. The molecular weight excluding hydrogens is 350 g/mol. The molecule has 1 fully saturated rings. The molecule has 1 amide bonds. The van der Waals surface area contributed by atoms with E-state index in [4.69, 9.17) is 0 Å². The summed E-state index contributed by atoms with van der Waals surface area (Å²) >= 11 is 0. The molecule has 1 aromatic carbocycles. The molecule has 3 aromatic rings. The molecule has 0 spiro atoms. The Morgan fingerprint density at radius 3 is 2.93 bits per heavy atom. The molecule has 0 bridgehead atoms. The first-order valence-electron chi connectivity index (χ1n) is 9.85. The highest BCUT2D eigenvalue weighted by molar-refractivity contribution is 5.93. The predicted molar refractivity (Wildman–Crippen MR) is 110 cm³/mol. The van der Waals surface area contributed by atoms with Gasteiger partial charge in [-0.2, -0.15) is 5.10 Å². The standard InChI is InChI=1S/C22H27N5O/c1-16-6-3-4-7-18(16)17-9-12-27(15-17)13-10-23-22(28)20-14-19(24-25-20)21-8-5-11-26(21)2/h3-8,11,14,17H,9-10,12-13,15H2,1-2H3,(H,23,28)(H,24,25)/t17-/m0/s1. The topological polar surface area (TPSA) is 66.0 Å². The van der Waals surface area contributed by atoms with Crippen LogP contribution < -0.4 is 5.32 Å². The fourth-order valence-electron chi connectivity index (χ4n) is 4.05. The van der Waals surface area contributed by atoms with Crippen molar-refractivity contribution in [3.8, 4) is 11.4 Å². The number of rotatable bonds is 6. The van der Waals surface area contributed by atoms with Gasteiger partial charge >= 0.3 is 0 Å². The van der Waals surface area contributed by atoms with Gasteiger partial charge in [0.05, 0.1) is 5.69 Å². The zero-order valence-electron chi connectivity index (χ0n) is 16.5. The molecule has 2 N–H and O–H groups in total. The van der Waals surface area contributed by atoms with E-state index < -0.39 is 0 Å². The van der Waals surface area contributed by atoms with Crippen LogP contribution in [0.15, 0.2) is 48.7 Å². The van der Waals surface area contributed by atoms with E-state index in [0.29, 0.717) is 18.2 Å². The SMILES string of the molecule is Cc1ccccc1[C@H]1CCN(CCNC(=O)c2cc(-c3cccn3C)n[nH]2)C1. The van der Waals surface area contributed by atoms with Gasteiger partial charge in [-0.3, -0.25) is 9.89 Å². The summed E-state index contributed by atoms with van der Waals surface area (Å²) in [5.74, 6) is 0.486. The first-order valence-corrected chi connectivity index (χ1v) is 9.85. The summed E-state index contributed by atoms with van der Waals surface area (Å²) in [7, 11) is 1.96. The molecule has 6 nitrogen and oxygen atoms in total. The zero-order chi connectivity index (χ0) is 19.5. The van der Waals surface area contributed by atoms with E-state index >= 15 is 0 Å². The second-order valence-corrected chi connectivity index (χ2v) is 7.57. The molecule has 4 rings (SSSR count). The van der Waals surface area contributed by atoms with E-state index in [-0.39, 0.29) is 5.91 Å². The second-order valence-electron chi connectivity index (χ2n) is 7.57. The van der Waals surface area contributed by atoms with E-state index in [1.165, 1.54) is 17.5 Å². The van der Waals surface area contributed by atoms with Crippen molar-refractivity contribution in [3.05, 3.63) is 65.5 Å². The summed E-state index contributed by atoms with van der Waals surface area (Å²) in [6.45, 7) is 5.83. The molecule has 1 aliphatic rings. The number of nitrogens with zero attached hydrogens (tertiary/aromatic N) is 3. The fraction of sp³-hybridized carbons (Fsp3) is 0.364. The van der Waals surface area contributed by atoms with Crippen molar-refractivity contribution < 1.29 is 4.79 Å². The number of amides is 1. The molecule has 0 saturated carbocycles. The van der Waals surface area contributed by atoms with Gasteiger partial charge in [-0.25, -0.2) is 0 Å². The van der Waals surface area contributed by atoms with E-state index in [2.05, 4.69) is 51.6 Å². The average Bonchev–Trinajstić information content (AvgIpc) is 3.42. The maximum atomic E-state index is 12.4. The smallest absolute Gasteiger partial charge is 0.269 e. The molecule has 3 heterocycles. The number of hydrogen-bond acceptors (Lipinski definition) is 3. The van der Waals surface area contributed by atoms with Gasteiger partial charge in [0.2, 0.25) is 0 Å². The Hall–Kier alpha value is -2.86. The van der Waals surface area contributed by atoms with Gasteiger partial charge < -0.3 is 14.8 Å². The molecule has 0 aliphatic carbocycles. The maximum Gasteiger partial charge on any atom is 0.269 e. The van der Waals surface area contributed by atoms with Crippen molar-refractivity contribution >= 4 is 5.91 Å². The first kappa shape index (κ1) is 18.5. The lowest BCUT2D eigenvalue weighted by Gasteiger charge is -2.17.